The zero-order valence-corrected chi connectivity index (χ0v) is 17.9. The molecule has 0 spiro atoms. The van der Waals surface area contributed by atoms with E-state index < -0.39 is 0 Å². The van der Waals surface area contributed by atoms with Crippen LogP contribution in [0.3, 0.4) is 0 Å². The van der Waals surface area contributed by atoms with Crippen molar-refractivity contribution >= 4 is 11.3 Å². The third-order valence-electron chi connectivity index (χ3n) is 5.38. The van der Waals surface area contributed by atoms with Crippen molar-refractivity contribution in [3.05, 3.63) is 80.8 Å². The number of thiazole rings is 1. The van der Waals surface area contributed by atoms with E-state index in [0.717, 1.165) is 51.8 Å². The second kappa shape index (κ2) is 8.41. The molecule has 1 aliphatic rings. The van der Waals surface area contributed by atoms with E-state index in [2.05, 4.69) is 20.2 Å². The Kier molecular flexibility index (Phi) is 5.31. The van der Waals surface area contributed by atoms with Crippen molar-refractivity contribution in [2.45, 2.75) is 19.5 Å². The number of H-pyrrole nitrogens is 1. The Hall–Kier alpha value is -3.36. The molecule has 0 radical (unpaired) electrons. The molecule has 1 aliphatic heterocycles. The van der Waals surface area contributed by atoms with Crippen LogP contribution in [0.1, 0.15) is 16.3 Å². The van der Waals surface area contributed by atoms with Gasteiger partial charge in [0, 0.05) is 48.4 Å². The first kappa shape index (κ1) is 19.6. The van der Waals surface area contributed by atoms with Gasteiger partial charge < -0.3 is 9.72 Å². The van der Waals surface area contributed by atoms with Crippen LogP contribution in [0.2, 0.25) is 0 Å². The highest BCUT2D eigenvalue weighted by molar-refractivity contribution is 7.09. The summed E-state index contributed by atoms with van der Waals surface area (Å²) in [7, 11) is 1.66. The molecule has 7 nitrogen and oxygen atoms in total. The number of hydrogen-bond donors (Lipinski definition) is 1. The summed E-state index contributed by atoms with van der Waals surface area (Å²) in [5.41, 5.74) is 4.38. The minimum Gasteiger partial charge on any atom is -0.497 e. The molecule has 1 aromatic carbocycles. The standard InChI is InChI=1S/C23H21N5O2S/c1-30-17-6-4-15(5-7-17)20-14-31-21(25-20)13-28-10-8-19-18(12-28)23(29)27-22(26-19)16-3-2-9-24-11-16/h2-7,9,11,14H,8,10,12-13H2,1H3,(H,26,27,29). The number of rotatable bonds is 5. The zero-order chi connectivity index (χ0) is 21.2. The second-order valence-corrected chi connectivity index (χ2v) is 8.34. The Morgan fingerprint density at radius 1 is 1.16 bits per heavy atom. The topological polar surface area (TPSA) is 84.0 Å². The van der Waals surface area contributed by atoms with Gasteiger partial charge in [-0.05, 0) is 36.4 Å². The fourth-order valence-electron chi connectivity index (χ4n) is 3.72. The number of nitrogens with one attached hydrogen (secondary N) is 1. The number of hydrogen-bond acceptors (Lipinski definition) is 7. The van der Waals surface area contributed by atoms with Crippen molar-refractivity contribution in [2.75, 3.05) is 13.7 Å². The number of methoxy groups -OCH3 is 1. The highest BCUT2D eigenvalue weighted by Crippen LogP contribution is 2.26. The molecule has 0 atom stereocenters. The van der Waals surface area contributed by atoms with Gasteiger partial charge in [0.2, 0.25) is 0 Å². The maximum Gasteiger partial charge on any atom is 0.255 e. The molecule has 8 heteroatoms. The first-order valence-corrected chi connectivity index (χ1v) is 10.9. The van der Waals surface area contributed by atoms with E-state index in [-0.39, 0.29) is 5.56 Å². The Morgan fingerprint density at radius 2 is 2.03 bits per heavy atom. The Bertz CT molecular complexity index is 1250. The van der Waals surface area contributed by atoms with Crippen LogP contribution in [0.5, 0.6) is 5.75 Å². The number of benzene rings is 1. The molecule has 156 valence electrons. The molecule has 4 aromatic rings. The van der Waals surface area contributed by atoms with E-state index in [1.54, 1.807) is 30.8 Å². The van der Waals surface area contributed by atoms with Crippen molar-refractivity contribution in [3.8, 4) is 28.4 Å². The average molecular weight is 432 g/mol. The quantitative estimate of drug-likeness (QED) is 0.521. The number of nitrogens with zero attached hydrogens (tertiary/aromatic N) is 4. The number of ether oxygens (including phenoxy) is 1. The van der Waals surface area contributed by atoms with Crippen molar-refractivity contribution in [2.24, 2.45) is 0 Å². The monoisotopic (exact) mass is 431 g/mol. The van der Waals surface area contributed by atoms with Crippen LogP contribution < -0.4 is 10.3 Å². The molecule has 0 unspecified atom stereocenters. The molecule has 31 heavy (non-hydrogen) atoms. The first-order chi connectivity index (χ1) is 15.2. The molecule has 0 saturated carbocycles. The predicted molar refractivity (Wildman–Crippen MR) is 120 cm³/mol. The minimum atomic E-state index is -0.0772. The third-order valence-corrected chi connectivity index (χ3v) is 6.21. The van der Waals surface area contributed by atoms with E-state index in [9.17, 15) is 4.79 Å². The Balaban J connectivity index is 1.31. The SMILES string of the molecule is COc1ccc(-c2csc(CN3CCc4nc(-c5cccnc5)[nH]c(=O)c4C3)n2)cc1. The smallest absolute Gasteiger partial charge is 0.255 e. The molecule has 0 aliphatic carbocycles. The van der Waals surface area contributed by atoms with Gasteiger partial charge in [-0.25, -0.2) is 9.97 Å². The summed E-state index contributed by atoms with van der Waals surface area (Å²) >= 11 is 1.64. The third kappa shape index (κ3) is 4.12. The van der Waals surface area contributed by atoms with Crippen LogP contribution in [0.15, 0.2) is 59.0 Å². The van der Waals surface area contributed by atoms with Crippen molar-refractivity contribution in [1.82, 2.24) is 24.8 Å². The molecule has 3 aromatic heterocycles. The Morgan fingerprint density at radius 3 is 2.81 bits per heavy atom. The molecule has 4 heterocycles. The van der Waals surface area contributed by atoms with Gasteiger partial charge in [-0.3, -0.25) is 14.7 Å². The summed E-state index contributed by atoms with van der Waals surface area (Å²) in [6, 6.07) is 11.6. The van der Waals surface area contributed by atoms with Gasteiger partial charge >= 0.3 is 0 Å². The van der Waals surface area contributed by atoms with Crippen LogP contribution in [-0.2, 0) is 19.5 Å². The predicted octanol–water partition coefficient (Wildman–Crippen LogP) is 3.52. The number of aromatic amines is 1. The van der Waals surface area contributed by atoms with E-state index in [4.69, 9.17) is 14.7 Å². The van der Waals surface area contributed by atoms with E-state index in [0.29, 0.717) is 18.9 Å². The van der Waals surface area contributed by atoms with Gasteiger partial charge in [0.05, 0.1) is 30.6 Å². The molecular weight excluding hydrogens is 410 g/mol. The highest BCUT2D eigenvalue weighted by atomic mass is 32.1. The van der Waals surface area contributed by atoms with Crippen LogP contribution in [-0.4, -0.2) is 38.5 Å². The van der Waals surface area contributed by atoms with Gasteiger partial charge in [0.1, 0.15) is 16.6 Å². The van der Waals surface area contributed by atoms with Crippen molar-refractivity contribution in [1.29, 1.82) is 0 Å². The number of aromatic nitrogens is 4. The van der Waals surface area contributed by atoms with E-state index in [1.165, 1.54) is 0 Å². The van der Waals surface area contributed by atoms with Gasteiger partial charge in [0.15, 0.2) is 0 Å². The molecule has 0 amide bonds. The zero-order valence-electron chi connectivity index (χ0n) is 17.0. The summed E-state index contributed by atoms with van der Waals surface area (Å²) < 4.78 is 5.22. The summed E-state index contributed by atoms with van der Waals surface area (Å²) in [4.78, 5) is 31.5. The molecule has 0 bridgehead atoms. The summed E-state index contributed by atoms with van der Waals surface area (Å²) in [6.07, 6.45) is 4.16. The molecular formula is C23H21N5O2S. The lowest BCUT2D eigenvalue weighted by molar-refractivity contribution is 0.241. The van der Waals surface area contributed by atoms with Gasteiger partial charge in [0.25, 0.3) is 5.56 Å². The number of fused-ring (bicyclic) bond motifs is 1. The highest BCUT2D eigenvalue weighted by Gasteiger charge is 2.22. The van der Waals surface area contributed by atoms with Gasteiger partial charge in [-0.15, -0.1) is 11.3 Å². The lowest BCUT2D eigenvalue weighted by Gasteiger charge is -2.26. The fraction of sp³-hybridized carbons (Fsp3) is 0.217. The van der Waals surface area contributed by atoms with E-state index in [1.807, 2.05) is 36.4 Å². The first-order valence-electron chi connectivity index (χ1n) is 10.0. The van der Waals surface area contributed by atoms with Crippen LogP contribution in [0.25, 0.3) is 22.6 Å². The van der Waals surface area contributed by atoms with Crippen LogP contribution >= 0.6 is 11.3 Å². The maximum absolute atomic E-state index is 12.7. The van der Waals surface area contributed by atoms with E-state index >= 15 is 0 Å². The van der Waals surface area contributed by atoms with Crippen LogP contribution in [0, 0.1) is 0 Å². The fourth-order valence-corrected chi connectivity index (χ4v) is 4.57. The summed E-state index contributed by atoms with van der Waals surface area (Å²) in [5, 5.41) is 3.11. The molecule has 1 N–H and O–H groups in total. The molecule has 0 saturated heterocycles. The lowest BCUT2D eigenvalue weighted by Crippen LogP contribution is -2.35. The largest absolute Gasteiger partial charge is 0.497 e. The normalized spacial score (nSPS) is 13.7. The van der Waals surface area contributed by atoms with Crippen molar-refractivity contribution < 1.29 is 4.74 Å². The Labute approximate surface area is 183 Å². The summed E-state index contributed by atoms with van der Waals surface area (Å²) in [5.74, 6) is 1.41. The minimum absolute atomic E-state index is 0.0772. The van der Waals surface area contributed by atoms with Crippen LogP contribution in [0.4, 0.5) is 0 Å². The number of pyridine rings is 1. The lowest BCUT2D eigenvalue weighted by atomic mass is 10.1. The van der Waals surface area contributed by atoms with Gasteiger partial charge in [-0.2, -0.15) is 0 Å². The molecule has 5 rings (SSSR count). The van der Waals surface area contributed by atoms with Crippen molar-refractivity contribution in [3.63, 3.8) is 0 Å². The molecule has 0 fully saturated rings. The maximum atomic E-state index is 12.7. The second-order valence-electron chi connectivity index (χ2n) is 7.40. The average Bonchev–Trinajstić information content (AvgIpc) is 3.28. The van der Waals surface area contributed by atoms with Gasteiger partial charge in [-0.1, -0.05) is 0 Å². The summed E-state index contributed by atoms with van der Waals surface area (Å²) in [6.45, 7) is 2.12.